The molecule has 0 unspecified atom stereocenters. The van der Waals surface area contributed by atoms with Crippen molar-refractivity contribution in [2.24, 2.45) is 7.05 Å². The summed E-state index contributed by atoms with van der Waals surface area (Å²) in [5.74, 6) is 0. The molecule has 0 radical (unpaired) electrons. The van der Waals surface area contributed by atoms with Crippen LogP contribution in [0.3, 0.4) is 0 Å². The molecule has 1 aliphatic carbocycles. The van der Waals surface area contributed by atoms with Crippen LogP contribution >= 0.6 is 0 Å². The quantitative estimate of drug-likeness (QED) is 0.259. The highest BCUT2D eigenvalue weighted by molar-refractivity contribution is 6.16. The van der Waals surface area contributed by atoms with Gasteiger partial charge in [-0.05, 0) is 53.9 Å². The molecule has 3 heterocycles. The lowest BCUT2D eigenvalue weighted by atomic mass is 9.62. The Morgan fingerprint density at radius 1 is 0.848 bits per heavy atom. The topological polar surface area (TPSA) is 29.9 Å². The van der Waals surface area contributed by atoms with E-state index in [2.05, 4.69) is 82.8 Å². The van der Waals surface area contributed by atoms with Crippen LogP contribution in [-0.2, 0) is 17.9 Å². The van der Waals surface area contributed by atoms with Crippen LogP contribution in [0.5, 0.6) is 0 Å². The third kappa shape index (κ3) is 2.81. The molecule has 0 N–H and O–H groups in total. The molecule has 6 rings (SSSR count). The Morgan fingerprint density at radius 3 is 2.42 bits per heavy atom. The molecule has 0 fully saturated rings. The average molecular weight is 436 g/mol. The van der Waals surface area contributed by atoms with Gasteiger partial charge >= 0.3 is 0 Å². The first-order valence-electron chi connectivity index (χ1n) is 11.9. The Bertz CT molecular complexity index is 1590. The maximum atomic E-state index is 6.74. The maximum Gasteiger partial charge on any atom is 0.220 e. The zero-order valence-electron chi connectivity index (χ0n) is 20.4. The minimum atomic E-state index is 0.0913. The van der Waals surface area contributed by atoms with Gasteiger partial charge in [0.2, 0.25) is 5.69 Å². The van der Waals surface area contributed by atoms with E-state index in [1.807, 2.05) is 18.3 Å². The van der Waals surface area contributed by atoms with Crippen molar-refractivity contribution in [3.05, 3.63) is 71.5 Å². The van der Waals surface area contributed by atoms with E-state index >= 15 is 0 Å². The van der Waals surface area contributed by atoms with Crippen molar-refractivity contribution in [3.8, 4) is 11.3 Å². The number of furan rings is 1. The number of para-hydroxylation sites is 1. The first kappa shape index (κ1) is 20.4. The maximum absolute atomic E-state index is 6.74. The summed E-state index contributed by atoms with van der Waals surface area (Å²) in [7, 11) is 2.17. The molecule has 5 aromatic rings. The summed E-state index contributed by atoms with van der Waals surface area (Å²) in [4.78, 5) is 4.72. The summed E-state index contributed by atoms with van der Waals surface area (Å²) in [5.41, 5.74) is 9.75. The number of pyridine rings is 2. The van der Waals surface area contributed by atoms with Crippen molar-refractivity contribution >= 4 is 32.8 Å². The van der Waals surface area contributed by atoms with E-state index in [9.17, 15) is 0 Å². The lowest BCUT2D eigenvalue weighted by molar-refractivity contribution is -0.661. The number of nitrogens with zero attached hydrogens (tertiary/aromatic N) is 2. The smallest absolute Gasteiger partial charge is 0.220 e. The van der Waals surface area contributed by atoms with Crippen LogP contribution in [0.4, 0.5) is 0 Å². The number of aromatic nitrogens is 2. The summed E-state index contributed by atoms with van der Waals surface area (Å²) in [6.07, 6.45) is 6.57. The number of rotatable bonds is 1. The van der Waals surface area contributed by atoms with E-state index in [0.29, 0.717) is 0 Å². The van der Waals surface area contributed by atoms with Crippen LogP contribution < -0.4 is 4.57 Å². The predicted molar refractivity (Wildman–Crippen MR) is 136 cm³/mol. The Morgan fingerprint density at radius 2 is 1.61 bits per heavy atom. The molecule has 3 heteroatoms. The molecule has 0 amide bonds. The number of hydrogen-bond acceptors (Lipinski definition) is 2. The fraction of sp³-hybridized carbons (Fsp3) is 0.333. The third-order valence-electron chi connectivity index (χ3n) is 7.93. The lowest BCUT2D eigenvalue weighted by Crippen LogP contribution is -2.41. The molecular weight excluding hydrogens is 404 g/mol. The molecule has 0 saturated carbocycles. The number of aryl methyl sites for hydroxylation is 2. The molecule has 2 aromatic carbocycles. The van der Waals surface area contributed by atoms with Gasteiger partial charge in [0.05, 0.1) is 11.1 Å². The highest BCUT2D eigenvalue weighted by Crippen LogP contribution is 2.50. The van der Waals surface area contributed by atoms with E-state index in [1.54, 1.807) is 0 Å². The first-order chi connectivity index (χ1) is 15.7. The molecule has 0 spiro atoms. The highest BCUT2D eigenvalue weighted by Gasteiger charge is 2.43. The monoisotopic (exact) mass is 435 g/mol. The zero-order chi connectivity index (χ0) is 23.1. The fourth-order valence-electron chi connectivity index (χ4n) is 5.90. The van der Waals surface area contributed by atoms with Crippen molar-refractivity contribution in [1.82, 2.24) is 4.98 Å². The molecule has 33 heavy (non-hydrogen) atoms. The highest BCUT2D eigenvalue weighted by atomic mass is 16.3. The second-order valence-corrected chi connectivity index (χ2v) is 11.1. The molecule has 166 valence electrons. The standard InChI is InChI=1S/C30H31N2O/c1-18-11-12-19-21-17-31-23-10-8-7-9-20(23)27(21)33-28(19)24(18)26-25-22(13-16-32(26)6)29(2,3)14-15-30(25,4)5/h7-13,16-17H,14-15H2,1-6H3/q+1. The Balaban J connectivity index is 1.78. The van der Waals surface area contributed by atoms with Crippen molar-refractivity contribution in [1.29, 1.82) is 0 Å². The van der Waals surface area contributed by atoms with Crippen LogP contribution in [0.15, 0.2) is 59.3 Å². The van der Waals surface area contributed by atoms with Gasteiger partial charge in [0.1, 0.15) is 18.2 Å². The van der Waals surface area contributed by atoms with Gasteiger partial charge < -0.3 is 4.42 Å². The normalized spacial score (nSPS) is 17.0. The van der Waals surface area contributed by atoms with E-state index in [0.717, 1.165) is 32.8 Å². The largest absolute Gasteiger partial charge is 0.454 e. The second kappa shape index (κ2) is 6.66. The van der Waals surface area contributed by atoms with E-state index in [-0.39, 0.29) is 10.8 Å². The number of fused-ring (bicyclic) bond motifs is 6. The van der Waals surface area contributed by atoms with Crippen LogP contribution in [0, 0.1) is 6.92 Å². The van der Waals surface area contributed by atoms with Crippen molar-refractivity contribution in [2.45, 2.75) is 58.3 Å². The van der Waals surface area contributed by atoms with E-state index in [1.165, 1.54) is 40.8 Å². The molecule has 0 atom stereocenters. The first-order valence-corrected chi connectivity index (χ1v) is 11.9. The predicted octanol–water partition coefficient (Wildman–Crippen LogP) is 7.28. The van der Waals surface area contributed by atoms with Gasteiger partial charge in [-0.1, -0.05) is 52.0 Å². The minimum absolute atomic E-state index is 0.0913. The van der Waals surface area contributed by atoms with Gasteiger partial charge in [-0.25, -0.2) is 4.57 Å². The van der Waals surface area contributed by atoms with Gasteiger partial charge in [0.15, 0.2) is 6.20 Å². The van der Waals surface area contributed by atoms with Crippen molar-refractivity contribution in [2.75, 3.05) is 0 Å². The lowest BCUT2D eigenvalue weighted by Gasteiger charge is -2.41. The molecule has 3 aromatic heterocycles. The SMILES string of the molecule is Cc1ccc2c(oc3c4ccccc4ncc23)c1-c1c2c(cc[n+]1C)C(C)(C)CCC2(C)C. The van der Waals surface area contributed by atoms with Gasteiger partial charge in [-0.15, -0.1) is 0 Å². The van der Waals surface area contributed by atoms with Gasteiger partial charge in [0, 0.05) is 34.0 Å². The summed E-state index contributed by atoms with van der Waals surface area (Å²) < 4.78 is 9.04. The Kier molecular flexibility index (Phi) is 4.12. The summed E-state index contributed by atoms with van der Waals surface area (Å²) >= 11 is 0. The minimum Gasteiger partial charge on any atom is -0.454 e. The summed E-state index contributed by atoms with van der Waals surface area (Å²) in [6, 6.07) is 15.0. The summed E-state index contributed by atoms with van der Waals surface area (Å²) in [5, 5.41) is 3.28. The number of hydrogen-bond donors (Lipinski definition) is 0. The van der Waals surface area contributed by atoms with Crippen LogP contribution in [0.2, 0.25) is 0 Å². The van der Waals surface area contributed by atoms with Crippen LogP contribution in [0.25, 0.3) is 44.1 Å². The Labute approximate surface area is 195 Å². The number of benzene rings is 2. The summed E-state index contributed by atoms with van der Waals surface area (Å²) in [6.45, 7) is 11.8. The molecule has 1 aliphatic rings. The Hall–Kier alpha value is -3.20. The van der Waals surface area contributed by atoms with Crippen molar-refractivity contribution < 1.29 is 8.98 Å². The molecule has 3 nitrogen and oxygen atoms in total. The average Bonchev–Trinajstić information content (AvgIpc) is 3.16. The molecule has 0 saturated heterocycles. The van der Waals surface area contributed by atoms with Gasteiger partial charge in [0.25, 0.3) is 0 Å². The van der Waals surface area contributed by atoms with Crippen LogP contribution in [0.1, 0.15) is 57.2 Å². The van der Waals surface area contributed by atoms with E-state index in [4.69, 9.17) is 9.40 Å². The van der Waals surface area contributed by atoms with Crippen LogP contribution in [-0.4, -0.2) is 4.98 Å². The second-order valence-electron chi connectivity index (χ2n) is 11.1. The van der Waals surface area contributed by atoms with Crippen molar-refractivity contribution in [3.63, 3.8) is 0 Å². The third-order valence-corrected chi connectivity index (χ3v) is 7.93. The molecular formula is C30H31N2O+. The van der Waals surface area contributed by atoms with Gasteiger partial charge in [-0.2, -0.15) is 0 Å². The molecule has 0 bridgehead atoms. The molecule has 0 aliphatic heterocycles. The van der Waals surface area contributed by atoms with E-state index < -0.39 is 0 Å². The zero-order valence-corrected chi connectivity index (χ0v) is 20.4. The fourth-order valence-corrected chi connectivity index (χ4v) is 5.90. The van der Waals surface area contributed by atoms with Gasteiger partial charge in [-0.3, -0.25) is 4.98 Å².